The van der Waals surface area contributed by atoms with Crippen LogP contribution in [-0.4, -0.2) is 14.7 Å². The zero-order valence-corrected chi connectivity index (χ0v) is 10.1. The number of halogens is 1. The topological polar surface area (TPSA) is 34.9 Å². The molecule has 16 heavy (non-hydrogen) atoms. The highest BCUT2D eigenvalue weighted by Crippen LogP contribution is 2.22. The first-order chi connectivity index (χ1) is 7.66. The van der Waals surface area contributed by atoms with Crippen LogP contribution in [0.15, 0.2) is 41.8 Å². The van der Waals surface area contributed by atoms with Gasteiger partial charge in [-0.25, -0.2) is 4.98 Å². The van der Waals surface area contributed by atoms with Gasteiger partial charge in [0.1, 0.15) is 0 Å². The lowest BCUT2D eigenvalue weighted by molar-refractivity contribution is 0.108. The number of nitrogens with zero attached hydrogens (tertiary/aromatic N) is 2. The molecule has 0 unspecified atom stereocenters. The third kappa shape index (κ3) is 2.46. The number of aryl methyl sites for hydroxylation is 1. The number of carbonyl (C=O) groups is 1. The molecule has 0 atom stereocenters. The van der Waals surface area contributed by atoms with Crippen LogP contribution >= 0.6 is 23.4 Å². The third-order valence-corrected chi connectivity index (χ3v) is 3.25. The fourth-order valence-electron chi connectivity index (χ4n) is 1.21. The second-order valence-electron chi connectivity index (χ2n) is 3.22. The van der Waals surface area contributed by atoms with Crippen molar-refractivity contribution in [3.63, 3.8) is 0 Å². The van der Waals surface area contributed by atoms with Crippen molar-refractivity contribution < 1.29 is 4.79 Å². The minimum absolute atomic E-state index is 0.0585. The number of benzene rings is 1. The van der Waals surface area contributed by atoms with E-state index in [1.165, 1.54) is 0 Å². The van der Waals surface area contributed by atoms with Gasteiger partial charge in [0.15, 0.2) is 5.16 Å². The molecule has 0 N–H and O–H groups in total. The van der Waals surface area contributed by atoms with Crippen molar-refractivity contribution >= 4 is 28.5 Å². The molecule has 0 bridgehead atoms. The van der Waals surface area contributed by atoms with Gasteiger partial charge in [-0.1, -0.05) is 23.7 Å². The first kappa shape index (κ1) is 11.2. The molecular weight excluding hydrogens is 244 g/mol. The second-order valence-corrected chi connectivity index (χ2v) is 4.60. The lowest BCUT2D eigenvalue weighted by atomic mass is 10.2. The van der Waals surface area contributed by atoms with Crippen LogP contribution in [0.25, 0.3) is 0 Å². The predicted octanol–water partition coefficient (Wildman–Crippen LogP) is 3.01. The molecule has 5 heteroatoms. The Bertz CT molecular complexity index is 524. The van der Waals surface area contributed by atoms with Crippen LogP contribution in [0, 0.1) is 0 Å². The number of thioether (sulfide) groups is 1. The average molecular weight is 253 g/mol. The zero-order chi connectivity index (χ0) is 11.5. The van der Waals surface area contributed by atoms with Crippen LogP contribution < -0.4 is 0 Å². The summed E-state index contributed by atoms with van der Waals surface area (Å²) >= 11 is 6.91. The fourth-order valence-corrected chi connectivity index (χ4v) is 2.13. The van der Waals surface area contributed by atoms with Crippen molar-refractivity contribution in [2.45, 2.75) is 5.16 Å². The highest BCUT2D eigenvalue weighted by Gasteiger charge is 2.11. The van der Waals surface area contributed by atoms with Gasteiger partial charge in [-0.3, -0.25) is 4.79 Å². The standard InChI is InChI=1S/C11H9ClN2OS/c1-14-6-5-13-11(14)16-10(15)8-3-2-4-9(12)7-8/h2-7H,1H3. The minimum atomic E-state index is -0.0585. The summed E-state index contributed by atoms with van der Waals surface area (Å²) < 4.78 is 1.80. The van der Waals surface area contributed by atoms with E-state index in [1.54, 1.807) is 41.2 Å². The molecule has 0 aliphatic carbocycles. The molecule has 0 amide bonds. The monoisotopic (exact) mass is 252 g/mol. The van der Waals surface area contributed by atoms with Crippen LogP contribution in [0.4, 0.5) is 0 Å². The average Bonchev–Trinajstić information content (AvgIpc) is 2.64. The second kappa shape index (κ2) is 4.72. The highest BCUT2D eigenvalue weighted by atomic mass is 35.5. The van der Waals surface area contributed by atoms with Gasteiger partial charge >= 0.3 is 0 Å². The Morgan fingerprint density at radius 1 is 1.50 bits per heavy atom. The van der Waals surface area contributed by atoms with Gasteiger partial charge < -0.3 is 4.57 Å². The molecule has 3 nitrogen and oxygen atoms in total. The van der Waals surface area contributed by atoms with Crippen molar-refractivity contribution in [1.29, 1.82) is 0 Å². The Balaban J connectivity index is 2.18. The van der Waals surface area contributed by atoms with Gasteiger partial charge in [0.05, 0.1) is 0 Å². The molecule has 2 aromatic rings. The van der Waals surface area contributed by atoms with E-state index >= 15 is 0 Å². The van der Waals surface area contributed by atoms with E-state index in [1.807, 2.05) is 7.05 Å². The van der Waals surface area contributed by atoms with Gasteiger partial charge in [-0.05, 0) is 23.9 Å². The Hall–Kier alpha value is -1.26. The van der Waals surface area contributed by atoms with Gasteiger partial charge in [-0.15, -0.1) is 0 Å². The van der Waals surface area contributed by atoms with E-state index in [0.717, 1.165) is 11.8 Å². The van der Waals surface area contributed by atoms with Crippen LogP contribution in [0.1, 0.15) is 10.4 Å². The largest absolute Gasteiger partial charge is 0.329 e. The summed E-state index contributed by atoms with van der Waals surface area (Å²) in [5, 5.41) is 1.17. The Kier molecular flexibility index (Phi) is 3.31. The van der Waals surface area contributed by atoms with Gasteiger partial charge in [-0.2, -0.15) is 0 Å². The minimum Gasteiger partial charge on any atom is -0.329 e. The lowest BCUT2D eigenvalue weighted by Crippen LogP contribution is -1.97. The van der Waals surface area contributed by atoms with Gasteiger partial charge in [0.25, 0.3) is 0 Å². The van der Waals surface area contributed by atoms with Crippen LogP contribution in [0.2, 0.25) is 5.02 Å². The van der Waals surface area contributed by atoms with Crippen LogP contribution in [0.5, 0.6) is 0 Å². The van der Waals surface area contributed by atoms with E-state index in [-0.39, 0.29) is 5.12 Å². The van der Waals surface area contributed by atoms with Crippen molar-refractivity contribution in [2.24, 2.45) is 7.05 Å². The number of rotatable bonds is 2. The first-order valence-electron chi connectivity index (χ1n) is 4.62. The number of hydrogen-bond acceptors (Lipinski definition) is 3. The van der Waals surface area contributed by atoms with Crippen LogP contribution in [0.3, 0.4) is 0 Å². The molecule has 0 fully saturated rings. The third-order valence-electron chi connectivity index (χ3n) is 2.02. The van der Waals surface area contributed by atoms with E-state index in [0.29, 0.717) is 15.7 Å². The smallest absolute Gasteiger partial charge is 0.227 e. The lowest BCUT2D eigenvalue weighted by Gasteiger charge is -2.01. The summed E-state index contributed by atoms with van der Waals surface area (Å²) in [5.74, 6) is 0. The molecule has 1 aromatic heterocycles. The van der Waals surface area contributed by atoms with Crippen molar-refractivity contribution in [3.05, 3.63) is 47.2 Å². The van der Waals surface area contributed by atoms with E-state index in [4.69, 9.17) is 11.6 Å². The number of aromatic nitrogens is 2. The van der Waals surface area contributed by atoms with Gasteiger partial charge in [0, 0.05) is 30.0 Å². The highest BCUT2D eigenvalue weighted by molar-refractivity contribution is 8.14. The molecule has 82 valence electrons. The summed E-state index contributed by atoms with van der Waals surface area (Å²) in [6, 6.07) is 6.89. The zero-order valence-electron chi connectivity index (χ0n) is 8.55. The molecule has 1 heterocycles. The Labute approximate surface area is 102 Å². The SMILES string of the molecule is Cn1ccnc1SC(=O)c1cccc(Cl)c1. The number of hydrogen-bond donors (Lipinski definition) is 0. The number of carbonyl (C=O) groups excluding carboxylic acids is 1. The molecule has 2 rings (SSSR count). The van der Waals surface area contributed by atoms with Crippen molar-refractivity contribution in [3.8, 4) is 0 Å². The summed E-state index contributed by atoms with van der Waals surface area (Å²) in [6.07, 6.45) is 3.46. The first-order valence-corrected chi connectivity index (χ1v) is 5.81. The van der Waals surface area contributed by atoms with Crippen LogP contribution in [-0.2, 0) is 7.05 Å². The van der Waals surface area contributed by atoms with Crippen molar-refractivity contribution in [1.82, 2.24) is 9.55 Å². The molecule has 0 radical (unpaired) electrons. The van der Waals surface area contributed by atoms with Crippen molar-refractivity contribution in [2.75, 3.05) is 0 Å². The summed E-state index contributed by atoms with van der Waals surface area (Å²) in [4.78, 5) is 15.9. The van der Waals surface area contributed by atoms with Gasteiger partial charge in [0.2, 0.25) is 5.12 Å². The molecule has 0 saturated heterocycles. The molecule has 0 saturated carbocycles. The maximum Gasteiger partial charge on any atom is 0.227 e. The summed E-state index contributed by atoms with van der Waals surface area (Å²) in [7, 11) is 1.85. The summed E-state index contributed by atoms with van der Waals surface area (Å²) in [5.41, 5.74) is 0.584. The predicted molar refractivity (Wildman–Crippen MR) is 64.8 cm³/mol. The Morgan fingerprint density at radius 2 is 2.31 bits per heavy atom. The van der Waals surface area contributed by atoms with E-state index in [9.17, 15) is 4.79 Å². The van der Waals surface area contributed by atoms with E-state index in [2.05, 4.69) is 4.98 Å². The molecule has 0 aliphatic rings. The molecule has 0 spiro atoms. The fraction of sp³-hybridized carbons (Fsp3) is 0.0909. The maximum atomic E-state index is 11.9. The quantitative estimate of drug-likeness (QED) is 0.771. The molecular formula is C11H9ClN2OS. The Morgan fingerprint density at radius 3 is 2.94 bits per heavy atom. The van der Waals surface area contributed by atoms with E-state index < -0.39 is 0 Å². The molecule has 1 aromatic carbocycles. The molecule has 0 aliphatic heterocycles. The number of imidazole rings is 1. The maximum absolute atomic E-state index is 11.9. The normalized spacial score (nSPS) is 10.4. The summed E-state index contributed by atoms with van der Waals surface area (Å²) in [6.45, 7) is 0.